The topological polar surface area (TPSA) is 49.9 Å². The van der Waals surface area contributed by atoms with Gasteiger partial charge in [0.15, 0.2) is 0 Å². The standard InChI is InChI=1S/C12H20ClFN2O3/c1-9(2)8-19-12(18)16-5-3-4-15(6-7-16)11(17)10(13)14/h9-10H,3-8H2,1-2H3. The van der Waals surface area contributed by atoms with Crippen LogP contribution in [0.25, 0.3) is 0 Å². The highest BCUT2D eigenvalue weighted by molar-refractivity contribution is 6.29. The zero-order valence-electron chi connectivity index (χ0n) is 11.3. The summed E-state index contributed by atoms with van der Waals surface area (Å²) in [5.41, 5.74) is -2.01. The summed E-state index contributed by atoms with van der Waals surface area (Å²) in [6.45, 7) is 5.80. The van der Waals surface area contributed by atoms with E-state index in [1.807, 2.05) is 13.8 Å². The van der Waals surface area contributed by atoms with Crippen LogP contribution in [0.1, 0.15) is 20.3 Å². The molecule has 7 heteroatoms. The van der Waals surface area contributed by atoms with Gasteiger partial charge < -0.3 is 14.5 Å². The molecule has 0 N–H and O–H groups in total. The van der Waals surface area contributed by atoms with E-state index < -0.39 is 11.5 Å². The smallest absolute Gasteiger partial charge is 0.409 e. The van der Waals surface area contributed by atoms with Gasteiger partial charge in [0.2, 0.25) is 0 Å². The van der Waals surface area contributed by atoms with Crippen LogP contribution in [0, 0.1) is 5.92 Å². The number of ether oxygens (including phenoxy) is 1. The summed E-state index contributed by atoms with van der Waals surface area (Å²) in [5.74, 6) is -0.461. The Balaban J connectivity index is 2.45. The van der Waals surface area contributed by atoms with Gasteiger partial charge in [0.25, 0.3) is 11.5 Å². The first-order chi connectivity index (χ1) is 8.91. The fourth-order valence-electron chi connectivity index (χ4n) is 1.79. The van der Waals surface area contributed by atoms with Crippen LogP contribution in [0.3, 0.4) is 0 Å². The second-order valence-corrected chi connectivity index (χ2v) is 5.32. The van der Waals surface area contributed by atoms with Gasteiger partial charge in [0.05, 0.1) is 6.61 Å². The SMILES string of the molecule is CC(C)COC(=O)N1CCCN(C(=O)C(F)Cl)CC1. The summed E-state index contributed by atoms with van der Waals surface area (Å²) in [6.07, 6.45) is 0.206. The van der Waals surface area contributed by atoms with Crippen molar-refractivity contribution in [3.05, 3.63) is 0 Å². The summed E-state index contributed by atoms with van der Waals surface area (Å²) < 4.78 is 17.9. The predicted molar refractivity (Wildman–Crippen MR) is 69.7 cm³/mol. The number of amides is 2. The molecule has 1 aliphatic heterocycles. The fourth-order valence-corrected chi connectivity index (χ4v) is 1.93. The normalized spacial score (nSPS) is 18.2. The third kappa shape index (κ3) is 5.22. The monoisotopic (exact) mass is 294 g/mol. The molecule has 0 radical (unpaired) electrons. The van der Waals surface area contributed by atoms with Crippen molar-refractivity contribution < 1.29 is 18.7 Å². The van der Waals surface area contributed by atoms with Crippen molar-refractivity contribution in [2.24, 2.45) is 5.92 Å². The van der Waals surface area contributed by atoms with E-state index in [1.54, 1.807) is 0 Å². The van der Waals surface area contributed by atoms with E-state index in [4.69, 9.17) is 16.3 Å². The molecule has 0 bridgehead atoms. The number of carbonyl (C=O) groups is 2. The lowest BCUT2D eigenvalue weighted by Gasteiger charge is -2.22. The van der Waals surface area contributed by atoms with E-state index in [9.17, 15) is 14.0 Å². The molecule has 0 saturated carbocycles. The summed E-state index contributed by atoms with van der Waals surface area (Å²) in [4.78, 5) is 26.1. The van der Waals surface area contributed by atoms with E-state index in [-0.39, 0.29) is 18.6 Å². The molecule has 0 aliphatic carbocycles. The van der Waals surface area contributed by atoms with Gasteiger partial charge in [-0.2, -0.15) is 0 Å². The van der Waals surface area contributed by atoms with Crippen LogP contribution in [0.2, 0.25) is 0 Å². The number of carbonyl (C=O) groups excluding carboxylic acids is 2. The van der Waals surface area contributed by atoms with Gasteiger partial charge in [-0.3, -0.25) is 4.79 Å². The fraction of sp³-hybridized carbons (Fsp3) is 0.833. The minimum absolute atomic E-state index is 0.276. The lowest BCUT2D eigenvalue weighted by Crippen LogP contribution is -2.39. The molecule has 0 spiro atoms. The minimum atomic E-state index is -2.01. The van der Waals surface area contributed by atoms with Gasteiger partial charge in [0.1, 0.15) is 0 Å². The van der Waals surface area contributed by atoms with E-state index in [2.05, 4.69) is 0 Å². The molecule has 5 nitrogen and oxygen atoms in total. The molecule has 1 fully saturated rings. The Hall–Kier alpha value is -1.04. The highest BCUT2D eigenvalue weighted by Gasteiger charge is 2.26. The maximum Gasteiger partial charge on any atom is 0.409 e. The van der Waals surface area contributed by atoms with Crippen molar-refractivity contribution in [2.75, 3.05) is 32.8 Å². The third-order valence-electron chi connectivity index (χ3n) is 2.79. The average Bonchev–Trinajstić information content (AvgIpc) is 2.60. The zero-order chi connectivity index (χ0) is 14.4. The number of rotatable bonds is 3. The number of nitrogens with zero attached hydrogens (tertiary/aromatic N) is 2. The minimum Gasteiger partial charge on any atom is -0.449 e. The molecule has 0 aromatic carbocycles. The van der Waals surface area contributed by atoms with Crippen LogP contribution in [-0.4, -0.2) is 60.2 Å². The van der Waals surface area contributed by atoms with Gasteiger partial charge in [-0.25, -0.2) is 9.18 Å². The van der Waals surface area contributed by atoms with E-state index in [1.165, 1.54) is 9.80 Å². The van der Waals surface area contributed by atoms with Crippen molar-refractivity contribution in [1.29, 1.82) is 0 Å². The molecular weight excluding hydrogens is 275 g/mol. The number of alkyl halides is 2. The molecule has 19 heavy (non-hydrogen) atoms. The molecule has 0 aromatic rings. The predicted octanol–water partition coefficient (Wildman–Crippen LogP) is 1.85. The second-order valence-electron chi connectivity index (χ2n) is 4.94. The van der Waals surface area contributed by atoms with Crippen molar-refractivity contribution >= 4 is 23.6 Å². The first-order valence-corrected chi connectivity index (χ1v) is 6.84. The average molecular weight is 295 g/mol. The van der Waals surface area contributed by atoms with Crippen LogP contribution in [0.4, 0.5) is 9.18 Å². The third-order valence-corrected chi connectivity index (χ3v) is 2.98. The Morgan fingerprint density at radius 2 is 1.79 bits per heavy atom. The van der Waals surface area contributed by atoms with Crippen LogP contribution in [0.5, 0.6) is 0 Å². The highest BCUT2D eigenvalue weighted by Crippen LogP contribution is 2.10. The Kier molecular flexibility index (Phi) is 6.34. The van der Waals surface area contributed by atoms with Gasteiger partial charge in [-0.15, -0.1) is 0 Å². The van der Waals surface area contributed by atoms with Crippen molar-refractivity contribution in [3.8, 4) is 0 Å². The number of hydrogen-bond acceptors (Lipinski definition) is 3. The lowest BCUT2D eigenvalue weighted by molar-refractivity contribution is -0.133. The quantitative estimate of drug-likeness (QED) is 0.747. The van der Waals surface area contributed by atoms with Crippen LogP contribution in [0.15, 0.2) is 0 Å². The molecule has 0 aromatic heterocycles. The number of hydrogen-bond donors (Lipinski definition) is 0. The molecule has 2 amide bonds. The highest BCUT2D eigenvalue weighted by atomic mass is 35.5. The molecule has 1 unspecified atom stereocenters. The molecule has 1 rings (SSSR count). The Bertz CT molecular complexity index is 326. The van der Waals surface area contributed by atoms with Gasteiger partial charge in [0, 0.05) is 26.2 Å². The van der Waals surface area contributed by atoms with Gasteiger partial charge in [-0.05, 0) is 12.3 Å². The summed E-state index contributed by atoms with van der Waals surface area (Å²) in [5, 5.41) is 0. The molecule has 1 saturated heterocycles. The first-order valence-electron chi connectivity index (χ1n) is 6.40. The zero-order valence-corrected chi connectivity index (χ0v) is 12.0. The van der Waals surface area contributed by atoms with Crippen molar-refractivity contribution in [3.63, 3.8) is 0 Å². The first kappa shape index (κ1) is 16.0. The van der Waals surface area contributed by atoms with Crippen LogP contribution < -0.4 is 0 Å². The molecule has 1 heterocycles. The number of halogens is 2. The molecule has 1 aliphatic rings. The second kappa shape index (κ2) is 7.53. The summed E-state index contributed by atoms with van der Waals surface area (Å²) in [7, 11) is 0. The Labute approximate surface area is 117 Å². The maximum atomic E-state index is 12.7. The van der Waals surface area contributed by atoms with Crippen molar-refractivity contribution in [2.45, 2.75) is 25.9 Å². The Morgan fingerprint density at radius 3 is 2.37 bits per heavy atom. The van der Waals surface area contributed by atoms with Crippen molar-refractivity contribution in [1.82, 2.24) is 9.80 Å². The van der Waals surface area contributed by atoms with E-state index in [0.29, 0.717) is 32.7 Å². The molecule has 1 atom stereocenters. The maximum absolute atomic E-state index is 12.7. The van der Waals surface area contributed by atoms with Gasteiger partial charge in [-0.1, -0.05) is 25.4 Å². The molecule has 110 valence electrons. The summed E-state index contributed by atoms with van der Waals surface area (Å²) in [6, 6.07) is 0. The Morgan fingerprint density at radius 1 is 1.21 bits per heavy atom. The van der Waals surface area contributed by atoms with Crippen LogP contribution >= 0.6 is 11.6 Å². The lowest BCUT2D eigenvalue weighted by atomic mass is 10.2. The van der Waals surface area contributed by atoms with Crippen LogP contribution in [-0.2, 0) is 9.53 Å². The van der Waals surface area contributed by atoms with Gasteiger partial charge >= 0.3 is 6.09 Å². The van der Waals surface area contributed by atoms with E-state index >= 15 is 0 Å². The summed E-state index contributed by atoms with van der Waals surface area (Å²) >= 11 is 5.14. The molecular formula is C12H20ClFN2O3. The van der Waals surface area contributed by atoms with E-state index in [0.717, 1.165) is 0 Å². The largest absolute Gasteiger partial charge is 0.449 e.